The van der Waals surface area contributed by atoms with Gasteiger partial charge in [0.25, 0.3) is 0 Å². The van der Waals surface area contributed by atoms with E-state index in [1.165, 1.54) is 6.92 Å². The van der Waals surface area contributed by atoms with Crippen LogP contribution < -0.4 is 10.2 Å². The number of piperidine rings is 2. The monoisotopic (exact) mass is 622 g/mol. The number of likely N-dealkylation sites (tertiary alicyclic amines) is 1. The highest BCUT2D eigenvalue weighted by molar-refractivity contribution is 6.04. The molecule has 2 aromatic carbocycles. The summed E-state index contributed by atoms with van der Waals surface area (Å²) in [6, 6.07) is 16.8. The van der Waals surface area contributed by atoms with E-state index in [1.807, 2.05) is 47.4 Å². The summed E-state index contributed by atoms with van der Waals surface area (Å²) >= 11 is 0. The van der Waals surface area contributed by atoms with Gasteiger partial charge in [0.2, 0.25) is 12.2 Å². The highest BCUT2D eigenvalue weighted by atomic mass is 16.8. The van der Waals surface area contributed by atoms with Gasteiger partial charge in [-0.05, 0) is 68.4 Å². The van der Waals surface area contributed by atoms with Gasteiger partial charge in [0.1, 0.15) is 12.4 Å². The molecule has 0 radical (unpaired) electrons. The number of benzene rings is 2. The lowest BCUT2D eigenvalue weighted by molar-refractivity contribution is -0.169. The van der Waals surface area contributed by atoms with Crippen LogP contribution in [0.2, 0.25) is 0 Å². The van der Waals surface area contributed by atoms with Gasteiger partial charge in [-0.25, -0.2) is 9.59 Å². The molecule has 2 heterocycles. The Morgan fingerprint density at radius 3 is 2.20 bits per heavy atom. The number of alkyl carbamates (subject to hydrolysis) is 1. The van der Waals surface area contributed by atoms with Crippen LogP contribution in [-0.4, -0.2) is 73.9 Å². The van der Waals surface area contributed by atoms with Crippen LogP contribution in [0.4, 0.5) is 15.3 Å². The zero-order valence-corrected chi connectivity index (χ0v) is 25.9. The Balaban J connectivity index is 1.14. The normalized spacial score (nSPS) is 16.3. The summed E-state index contributed by atoms with van der Waals surface area (Å²) in [4.78, 5) is 53.1. The molecule has 2 N–H and O–H groups in total. The van der Waals surface area contributed by atoms with E-state index >= 15 is 0 Å². The SMILES string of the molecule is CCOC(=O)OC(C)OC(=O)CC1CCN(C(=O)C2CCN(c3ccc(C(=N)NC(=O)OCc4ccccc4)cc3)CC2)CC1. The molecule has 2 fully saturated rings. The maximum absolute atomic E-state index is 13.2. The molecule has 0 saturated carbocycles. The minimum Gasteiger partial charge on any atom is -0.444 e. The molecule has 12 nitrogen and oxygen atoms in total. The first-order valence-electron chi connectivity index (χ1n) is 15.4. The van der Waals surface area contributed by atoms with Gasteiger partial charge in [0.15, 0.2) is 0 Å². The number of carbonyl (C=O) groups is 4. The Bertz CT molecular complexity index is 1300. The van der Waals surface area contributed by atoms with E-state index in [1.54, 1.807) is 19.1 Å². The van der Waals surface area contributed by atoms with Crippen LogP contribution in [0.1, 0.15) is 57.1 Å². The van der Waals surface area contributed by atoms with E-state index < -0.39 is 24.5 Å². The van der Waals surface area contributed by atoms with Crippen molar-refractivity contribution in [3.63, 3.8) is 0 Å². The number of amidine groups is 1. The van der Waals surface area contributed by atoms with Crippen LogP contribution in [0, 0.1) is 17.2 Å². The number of carbonyl (C=O) groups excluding carboxylic acids is 4. The van der Waals surface area contributed by atoms with Gasteiger partial charge in [-0.3, -0.25) is 20.3 Å². The molecule has 1 unspecified atom stereocenters. The lowest BCUT2D eigenvalue weighted by Crippen LogP contribution is -2.45. The Morgan fingerprint density at radius 2 is 1.56 bits per heavy atom. The molecule has 12 heteroatoms. The highest BCUT2D eigenvalue weighted by Gasteiger charge is 2.32. The number of rotatable bonds is 10. The van der Waals surface area contributed by atoms with Gasteiger partial charge >= 0.3 is 18.2 Å². The molecule has 2 aromatic rings. The maximum atomic E-state index is 13.2. The highest BCUT2D eigenvalue weighted by Crippen LogP contribution is 2.28. The molecule has 2 aliphatic heterocycles. The van der Waals surface area contributed by atoms with E-state index in [0.717, 1.165) is 37.2 Å². The van der Waals surface area contributed by atoms with Crippen molar-refractivity contribution < 1.29 is 38.1 Å². The minimum atomic E-state index is -1.02. The number of hydrogen-bond acceptors (Lipinski definition) is 10. The van der Waals surface area contributed by atoms with Gasteiger partial charge in [0.05, 0.1) is 6.61 Å². The average molecular weight is 623 g/mol. The maximum Gasteiger partial charge on any atom is 0.511 e. The molecular formula is C33H42N4O8. The van der Waals surface area contributed by atoms with E-state index in [-0.39, 0.29) is 43.2 Å². The summed E-state index contributed by atoms with van der Waals surface area (Å²) in [5, 5.41) is 10.7. The molecular weight excluding hydrogens is 580 g/mol. The Labute approximate surface area is 263 Å². The molecule has 0 spiro atoms. The fourth-order valence-corrected chi connectivity index (χ4v) is 5.55. The quantitative estimate of drug-likeness (QED) is 0.125. The van der Waals surface area contributed by atoms with Gasteiger partial charge in [-0.2, -0.15) is 0 Å². The second-order valence-electron chi connectivity index (χ2n) is 11.2. The Kier molecular flexibility index (Phi) is 12.2. The largest absolute Gasteiger partial charge is 0.511 e. The predicted molar refractivity (Wildman–Crippen MR) is 166 cm³/mol. The second kappa shape index (κ2) is 16.5. The van der Waals surface area contributed by atoms with Crippen molar-refractivity contribution >= 4 is 35.6 Å². The fourth-order valence-electron chi connectivity index (χ4n) is 5.55. The molecule has 0 bridgehead atoms. The first-order chi connectivity index (χ1) is 21.7. The summed E-state index contributed by atoms with van der Waals surface area (Å²) in [5.41, 5.74) is 2.43. The summed E-state index contributed by atoms with van der Waals surface area (Å²) in [6.45, 7) is 6.12. The predicted octanol–water partition coefficient (Wildman–Crippen LogP) is 4.85. The van der Waals surface area contributed by atoms with Crippen molar-refractivity contribution in [3.05, 3.63) is 65.7 Å². The van der Waals surface area contributed by atoms with Crippen molar-refractivity contribution in [3.8, 4) is 0 Å². The molecule has 45 heavy (non-hydrogen) atoms. The van der Waals surface area contributed by atoms with Gasteiger partial charge in [-0.1, -0.05) is 30.3 Å². The number of nitrogens with one attached hydrogen (secondary N) is 2. The summed E-state index contributed by atoms with van der Waals surface area (Å²) in [5.74, 6) is -0.241. The van der Waals surface area contributed by atoms with Crippen molar-refractivity contribution in [2.45, 2.75) is 58.8 Å². The first kappa shape index (κ1) is 33.3. The molecule has 1 atom stereocenters. The third-order valence-corrected chi connectivity index (χ3v) is 8.01. The van der Waals surface area contributed by atoms with E-state index in [0.29, 0.717) is 31.5 Å². The lowest BCUT2D eigenvalue weighted by atomic mass is 9.90. The third-order valence-electron chi connectivity index (χ3n) is 8.01. The number of esters is 1. The summed E-state index contributed by atoms with van der Waals surface area (Å²) in [6.07, 6.45) is 0.558. The van der Waals surface area contributed by atoms with Crippen LogP contribution in [-0.2, 0) is 35.1 Å². The Morgan fingerprint density at radius 1 is 0.889 bits per heavy atom. The van der Waals surface area contributed by atoms with Gasteiger partial charge < -0.3 is 28.7 Å². The van der Waals surface area contributed by atoms with Gasteiger partial charge in [0, 0.05) is 56.7 Å². The zero-order valence-electron chi connectivity index (χ0n) is 25.9. The van der Waals surface area contributed by atoms with E-state index in [9.17, 15) is 19.2 Å². The third kappa shape index (κ3) is 10.2. The first-order valence-corrected chi connectivity index (χ1v) is 15.4. The summed E-state index contributed by atoms with van der Waals surface area (Å²) < 4.78 is 19.9. The van der Waals surface area contributed by atoms with Crippen molar-refractivity contribution in [1.29, 1.82) is 5.41 Å². The number of nitrogens with zero attached hydrogens (tertiary/aromatic N) is 2. The van der Waals surface area contributed by atoms with Crippen LogP contribution in [0.3, 0.4) is 0 Å². The van der Waals surface area contributed by atoms with Crippen LogP contribution >= 0.6 is 0 Å². The van der Waals surface area contributed by atoms with E-state index in [2.05, 4.69) is 15.0 Å². The molecule has 0 aliphatic carbocycles. The zero-order chi connectivity index (χ0) is 32.2. The van der Waals surface area contributed by atoms with Gasteiger partial charge in [-0.15, -0.1) is 0 Å². The average Bonchev–Trinajstić information content (AvgIpc) is 3.04. The molecule has 2 amide bonds. The van der Waals surface area contributed by atoms with Crippen LogP contribution in [0.15, 0.2) is 54.6 Å². The molecule has 242 valence electrons. The second-order valence-corrected chi connectivity index (χ2v) is 11.2. The topological polar surface area (TPSA) is 148 Å². The standard InChI is InChI=1S/C33H42N4O8/c1-3-42-33(41)45-23(2)44-29(38)21-24-13-17-37(18-14-24)31(39)27-15-19-36(20-16-27)28-11-9-26(10-12-28)30(34)35-32(40)43-22-25-7-5-4-6-8-25/h4-12,23-24,27H,3,13-22H2,1-2H3,(H2,34,35,40). The van der Waals surface area contributed by atoms with Crippen LogP contribution in [0.25, 0.3) is 0 Å². The molecule has 2 aliphatic rings. The smallest absolute Gasteiger partial charge is 0.444 e. The Hall–Kier alpha value is -4.61. The molecule has 4 rings (SSSR count). The minimum absolute atomic E-state index is 0.0396. The lowest BCUT2D eigenvalue weighted by Gasteiger charge is -2.38. The number of amides is 2. The number of hydrogen-bond donors (Lipinski definition) is 2. The van der Waals surface area contributed by atoms with Crippen LogP contribution in [0.5, 0.6) is 0 Å². The summed E-state index contributed by atoms with van der Waals surface area (Å²) in [7, 11) is 0. The van der Waals surface area contributed by atoms with Crippen molar-refractivity contribution in [2.24, 2.45) is 11.8 Å². The van der Waals surface area contributed by atoms with Crippen molar-refractivity contribution in [1.82, 2.24) is 10.2 Å². The van der Waals surface area contributed by atoms with E-state index in [4.69, 9.17) is 19.6 Å². The molecule has 0 aromatic heterocycles. The number of ether oxygens (including phenoxy) is 4. The molecule has 2 saturated heterocycles. The van der Waals surface area contributed by atoms with Crippen molar-refractivity contribution in [2.75, 3.05) is 37.7 Å². The number of anilines is 1. The fraction of sp³-hybridized carbons (Fsp3) is 0.485.